The Morgan fingerprint density at radius 1 is 1.75 bits per heavy atom. The molecule has 4 nitrogen and oxygen atoms in total. The van der Waals surface area contributed by atoms with Gasteiger partial charge in [-0.15, -0.1) is 0 Å². The molecule has 0 aromatic heterocycles. The van der Waals surface area contributed by atoms with E-state index < -0.39 is 11.5 Å². The van der Waals surface area contributed by atoms with Crippen molar-refractivity contribution >= 4 is 5.97 Å². The van der Waals surface area contributed by atoms with Crippen molar-refractivity contribution in [1.29, 1.82) is 0 Å². The van der Waals surface area contributed by atoms with Crippen molar-refractivity contribution in [1.82, 2.24) is 5.32 Å². The zero-order valence-electron chi connectivity index (χ0n) is 6.88. The predicted molar refractivity (Wildman–Crippen MR) is 42.0 cm³/mol. The highest BCUT2D eigenvalue weighted by Crippen LogP contribution is 2.29. The van der Waals surface area contributed by atoms with Crippen LogP contribution in [0.15, 0.2) is 0 Å². The first-order valence-corrected chi connectivity index (χ1v) is 4.33. The van der Waals surface area contributed by atoms with Gasteiger partial charge in [0.1, 0.15) is 5.54 Å². The lowest BCUT2D eigenvalue weighted by Gasteiger charge is -2.23. The molecule has 0 amide bonds. The summed E-state index contributed by atoms with van der Waals surface area (Å²) in [5.41, 5.74) is -0.679. The minimum Gasteiger partial charge on any atom is -0.480 e. The number of hydrogen-bond donors (Lipinski definition) is 2. The Bertz CT molecular complexity index is 194. The number of aliphatic carboxylic acids is 1. The molecule has 2 saturated heterocycles. The maximum atomic E-state index is 11.0. The van der Waals surface area contributed by atoms with Crippen molar-refractivity contribution in [3.63, 3.8) is 0 Å². The largest absolute Gasteiger partial charge is 0.480 e. The van der Waals surface area contributed by atoms with Crippen molar-refractivity contribution in [3.05, 3.63) is 0 Å². The molecule has 0 spiro atoms. The van der Waals surface area contributed by atoms with Gasteiger partial charge in [0.15, 0.2) is 0 Å². The average Bonchev–Trinajstić information content (AvgIpc) is 2.66. The molecule has 68 valence electrons. The van der Waals surface area contributed by atoms with Crippen molar-refractivity contribution in [2.45, 2.75) is 30.9 Å². The second-order valence-electron chi connectivity index (χ2n) is 3.58. The fourth-order valence-electron chi connectivity index (χ4n) is 1.82. The second-order valence-corrected chi connectivity index (χ2v) is 3.58. The Hall–Kier alpha value is -0.610. The van der Waals surface area contributed by atoms with Crippen LogP contribution in [0.25, 0.3) is 0 Å². The van der Waals surface area contributed by atoms with E-state index in [-0.39, 0.29) is 6.10 Å². The normalized spacial score (nSPS) is 39.8. The molecule has 2 rings (SSSR count). The van der Waals surface area contributed by atoms with Crippen LogP contribution in [0.1, 0.15) is 19.3 Å². The van der Waals surface area contributed by atoms with E-state index in [1.165, 1.54) is 0 Å². The fraction of sp³-hybridized carbons (Fsp3) is 0.875. The lowest BCUT2D eigenvalue weighted by Crippen LogP contribution is -2.48. The molecule has 12 heavy (non-hydrogen) atoms. The summed E-state index contributed by atoms with van der Waals surface area (Å²) in [6.07, 6.45) is 2.51. The lowest BCUT2D eigenvalue weighted by atomic mass is 9.92. The van der Waals surface area contributed by atoms with Gasteiger partial charge in [-0.25, -0.2) is 0 Å². The molecule has 2 aliphatic rings. The molecular weight excluding hydrogens is 158 g/mol. The Balaban J connectivity index is 2.03. The van der Waals surface area contributed by atoms with Gasteiger partial charge in [-0.2, -0.15) is 0 Å². The zero-order valence-corrected chi connectivity index (χ0v) is 6.88. The van der Waals surface area contributed by atoms with Gasteiger partial charge in [-0.1, -0.05) is 0 Å². The van der Waals surface area contributed by atoms with Crippen LogP contribution in [0.2, 0.25) is 0 Å². The summed E-state index contributed by atoms with van der Waals surface area (Å²) in [4.78, 5) is 11.0. The number of epoxide rings is 1. The van der Waals surface area contributed by atoms with E-state index in [1.807, 2.05) is 0 Å². The zero-order chi connectivity index (χ0) is 8.60. The summed E-state index contributed by atoms with van der Waals surface area (Å²) < 4.78 is 5.04. The van der Waals surface area contributed by atoms with Crippen LogP contribution < -0.4 is 5.32 Å². The summed E-state index contributed by atoms with van der Waals surface area (Å²) in [6.45, 7) is 1.55. The molecule has 0 bridgehead atoms. The molecule has 0 aromatic rings. The molecule has 2 fully saturated rings. The average molecular weight is 171 g/mol. The van der Waals surface area contributed by atoms with Crippen LogP contribution in [0.4, 0.5) is 0 Å². The molecule has 2 heterocycles. The predicted octanol–water partition coefficient (Wildman–Crippen LogP) is -0.0179. The van der Waals surface area contributed by atoms with Crippen molar-refractivity contribution in [3.8, 4) is 0 Å². The molecule has 0 radical (unpaired) electrons. The third-order valence-corrected chi connectivity index (χ3v) is 2.63. The number of nitrogens with one attached hydrogen (secondary N) is 1. The van der Waals surface area contributed by atoms with E-state index in [0.29, 0.717) is 6.42 Å². The summed E-state index contributed by atoms with van der Waals surface area (Å²) in [7, 11) is 0. The minimum atomic E-state index is -0.726. The summed E-state index contributed by atoms with van der Waals surface area (Å²) in [5.74, 6) is -0.726. The van der Waals surface area contributed by atoms with E-state index in [1.54, 1.807) is 0 Å². The minimum absolute atomic E-state index is 0.187. The monoisotopic (exact) mass is 171 g/mol. The number of hydrogen-bond acceptors (Lipinski definition) is 3. The Morgan fingerprint density at radius 3 is 2.92 bits per heavy atom. The molecule has 2 atom stereocenters. The Morgan fingerprint density at radius 2 is 2.50 bits per heavy atom. The number of carbonyl (C=O) groups is 1. The highest BCUT2D eigenvalue weighted by atomic mass is 16.6. The van der Waals surface area contributed by atoms with E-state index in [0.717, 1.165) is 26.0 Å². The molecule has 0 aromatic carbocycles. The van der Waals surface area contributed by atoms with Gasteiger partial charge >= 0.3 is 5.97 Å². The molecule has 0 saturated carbocycles. The molecule has 2 aliphatic heterocycles. The standard InChI is InChI=1S/C8H13NO3/c10-7(11)8(2-1-3-9-8)4-6-5-12-6/h6,9H,1-5H2,(H,10,11)/t6?,8-/m0/s1. The van der Waals surface area contributed by atoms with Gasteiger partial charge in [-0.3, -0.25) is 4.79 Å². The maximum Gasteiger partial charge on any atom is 0.324 e. The highest BCUT2D eigenvalue weighted by Gasteiger charge is 2.45. The first-order valence-electron chi connectivity index (χ1n) is 4.33. The number of ether oxygens (including phenoxy) is 1. The molecule has 4 heteroatoms. The number of rotatable bonds is 3. The Labute approximate surface area is 70.9 Å². The van der Waals surface area contributed by atoms with Gasteiger partial charge in [0, 0.05) is 6.42 Å². The quantitative estimate of drug-likeness (QED) is 0.586. The number of carboxylic acid groups (broad SMARTS) is 1. The molecular formula is C8H13NO3. The maximum absolute atomic E-state index is 11.0. The van der Waals surface area contributed by atoms with Crippen LogP contribution in [0, 0.1) is 0 Å². The van der Waals surface area contributed by atoms with Crippen LogP contribution in [0.5, 0.6) is 0 Å². The van der Waals surface area contributed by atoms with Gasteiger partial charge in [0.25, 0.3) is 0 Å². The van der Waals surface area contributed by atoms with E-state index in [2.05, 4.69) is 5.32 Å². The fourth-order valence-corrected chi connectivity index (χ4v) is 1.82. The first kappa shape index (κ1) is 8.01. The first-order chi connectivity index (χ1) is 5.73. The van der Waals surface area contributed by atoms with Crippen molar-refractivity contribution in [2.75, 3.05) is 13.2 Å². The number of carboxylic acids is 1. The molecule has 1 unspecified atom stereocenters. The third kappa shape index (κ3) is 1.32. The van der Waals surface area contributed by atoms with Crippen LogP contribution in [-0.2, 0) is 9.53 Å². The Kier molecular flexibility index (Phi) is 1.81. The van der Waals surface area contributed by atoms with Gasteiger partial charge in [0.2, 0.25) is 0 Å². The van der Waals surface area contributed by atoms with Crippen LogP contribution in [-0.4, -0.2) is 35.9 Å². The lowest BCUT2D eigenvalue weighted by molar-refractivity contribution is -0.144. The second kappa shape index (κ2) is 2.71. The highest BCUT2D eigenvalue weighted by molar-refractivity contribution is 5.79. The van der Waals surface area contributed by atoms with E-state index in [4.69, 9.17) is 9.84 Å². The van der Waals surface area contributed by atoms with Crippen molar-refractivity contribution < 1.29 is 14.6 Å². The van der Waals surface area contributed by atoms with Crippen LogP contribution >= 0.6 is 0 Å². The molecule has 2 N–H and O–H groups in total. The topological polar surface area (TPSA) is 61.9 Å². The van der Waals surface area contributed by atoms with E-state index >= 15 is 0 Å². The van der Waals surface area contributed by atoms with Crippen molar-refractivity contribution in [2.24, 2.45) is 0 Å². The van der Waals surface area contributed by atoms with Gasteiger partial charge in [0.05, 0.1) is 12.7 Å². The summed E-state index contributed by atoms with van der Waals surface area (Å²) in [6, 6.07) is 0. The SMILES string of the molecule is O=C(O)[C@@]1(CC2CO2)CCCN1. The van der Waals surface area contributed by atoms with Gasteiger partial charge < -0.3 is 15.2 Å². The smallest absolute Gasteiger partial charge is 0.324 e. The van der Waals surface area contributed by atoms with Gasteiger partial charge in [-0.05, 0) is 19.4 Å². The third-order valence-electron chi connectivity index (χ3n) is 2.63. The van der Waals surface area contributed by atoms with E-state index in [9.17, 15) is 4.79 Å². The molecule has 0 aliphatic carbocycles. The summed E-state index contributed by atoms with van der Waals surface area (Å²) in [5, 5.41) is 12.1. The summed E-state index contributed by atoms with van der Waals surface area (Å²) >= 11 is 0. The van der Waals surface area contributed by atoms with Crippen LogP contribution in [0.3, 0.4) is 0 Å².